The molecule has 2 heterocycles. The van der Waals surface area contributed by atoms with Crippen LogP contribution in [0.25, 0.3) is 0 Å². The first-order chi connectivity index (χ1) is 9.70. The number of ketones is 1. The van der Waals surface area contributed by atoms with Crippen molar-refractivity contribution in [3.63, 3.8) is 0 Å². The molecule has 0 aromatic heterocycles. The third-order valence-corrected chi connectivity index (χ3v) is 3.66. The first-order valence-corrected chi connectivity index (χ1v) is 6.67. The van der Waals surface area contributed by atoms with Gasteiger partial charge in [0.15, 0.2) is 5.78 Å². The number of nitrogens with one attached hydrogen (secondary N) is 1. The molecule has 0 saturated carbocycles. The summed E-state index contributed by atoms with van der Waals surface area (Å²) in [5.41, 5.74) is 1.15. The van der Waals surface area contributed by atoms with Gasteiger partial charge in [0, 0.05) is 18.7 Å². The van der Waals surface area contributed by atoms with Gasteiger partial charge in [-0.1, -0.05) is 0 Å². The van der Waals surface area contributed by atoms with E-state index in [2.05, 4.69) is 5.32 Å². The van der Waals surface area contributed by atoms with Crippen LogP contribution in [0, 0.1) is 0 Å². The average molecular weight is 272 g/mol. The number of Topliss-reactive ketones (excluding diaryl/α,β-unsaturated/α-hetero) is 1. The number of fused-ring (bicyclic) bond motifs is 1. The minimum absolute atomic E-state index is 0.00376. The summed E-state index contributed by atoms with van der Waals surface area (Å²) in [7, 11) is 1.58. The lowest BCUT2D eigenvalue weighted by Crippen LogP contribution is -2.39. The van der Waals surface area contributed by atoms with E-state index in [4.69, 9.17) is 4.74 Å². The van der Waals surface area contributed by atoms with E-state index in [0.29, 0.717) is 29.3 Å². The van der Waals surface area contributed by atoms with Crippen molar-refractivity contribution < 1.29 is 14.3 Å². The molecule has 0 spiro atoms. The Kier molecular flexibility index (Phi) is 3.18. The van der Waals surface area contributed by atoms with E-state index >= 15 is 0 Å². The fraction of sp³-hybridized carbons (Fsp3) is 0.333. The highest BCUT2D eigenvalue weighted by atomic mass is 16.5. The van der Waals surface area contributed by atoms with Crippen LogP contribution in [0.3, 0.4) is 0 Å². The summed E-state index contributed by atoms with van der Waals surface area (Å²) in [6.45, 7) is 1.50. The standard InChI is InChI=1S/C15H16N2O3/c1-20-11-5-3-10(4-6-11)14(19)12-9-13(18)17-8-2-7-16-15(12)17/h3-6,16H,2,7-9H2,1H3. The molecule has 5 nitrogen and oxygen atoms in total. The van der Waals surface area contributed by atoms with Crippen molar-refractivity contribution in [2.75, 3.05) is 20.2 Å². The highest BCUT2D eigenvalue weighted by molar-refractivity contribution is 6.13. The molecular formula is C15H16N2O3. The van der Waals surface area contributed by atoms with Gasteiger partial charge < -0.3 is 10.1 Å². The maximum Gasteiger partial charge on any atom is 0.232 e. The first kappa shape index (κ1) is 12.7. The molecule has 3 rings (SSSR count). The van der Waals surface area contributed by atoms with Gasteiger partial charge in [-0.2, -0.15) is 0 Å². The van der Waals surface area contributed by atoms with Gasteiger partial charge in [0.05, 0.1) is 19.1 Å². The van der Waals surface area contributed by atoms with Crippen molar-refractivity contribution >= 4 is 11.7 Å². The summed E-state index contributed by atoms with van der Waals surface area (Å²) >= 11 is 0. The van der Waals surface area contributed by atoms with Crippen LogP contribution in [-0.4, -0.2) is 36.8 Å². The molecule has 5 heteroatoms. The summed E-state index contributed by atoms with van der Waals surface area (Å²) in [5, 5.41) is 3.17. The second kappa shape index (κ2) is 5.00. The van der Waals surface area contributed by atoms with Crippen LogP contribution in [0.1, 0.15) is 23.2 Å². The zero-order chi connectivity index (χ0) is 14.1. The summed E-state index contributed by atoms with van der Waals surface area (Å²) in [6, 6.07) is 6.96. The lowest BCUT2D eigenvalue weighted by atomic mass is 10.0. The van der Waals surface area contributed by atoms with Crippen molar-refractivity contribution in [2.24, 2.45) is 0 Å². The van der Waals surface area contributed by atoms with Crippen molar-refractivity contribution in [3.05, 3.63) is 41.2 Å². The molecular weight excluding hydrogens is 256 g/mol. The second-order valence-corrected chi connectivity index (χ2v) is 4.89. The Morgan fingerprint density at radius 1 is 1.30 bits per heavy atom. The van der Waals surface area contributed by atoms with Crippen LogP contribution in [-0.2, 0) is 4.79 Å². The van der Waals surface area contributed by atoms with Crippen molar-refractivity contribution in [3.8, 4) is 5.75 Å². The number of benzene rings is 1. The number of hydrogen-bond donors (Lipinski definition) is 1. The van der Waals surface area contributed by atoms with Crippen molar-refractivity contribution in [1.29, 1.82) is 0 Å². The molecule has 1 fully saturated rings. The van der Waals surface area contributed by atoms with Crippen molar-refractivity contribution in [1.82, 2.24) is 10.2 Å². The molecule has 1 saturated heterocycles. The molecule has 104 valence electrons. The van der Waals surface area contributed by atoms with Gasteiger partial charge in [0.25, 0.3) is 0 Å². The molecule has 0 radical (unpaired) electrons. The topological polar surface area (TPSA) is 58.6 Å². The van der Waals surface area contributed by atoms with E-state index in [0.717, 1.165) is 13.0 Å². The predicted octanol–water partition coefficient (Wildman–Crippen LogP) is 1.32. The largest absolute Gasteiger partial charge is 0.497 e. The zero-order valence-corrected chi connectivity index (χ0v) is 11.3. The Bertz CT molecular complexity index is 590. The fourth-order valence-electron chi connectivity index (χ4n) is 2.61. The monoisotopic (exact) mass is 272 g/mol. The van der Waals surface area contributed by atoms with E-state index in [1.54, 1.807) is 36.3 Å². The molecule has 0 aliphatic carbocycles. The highest BCUT2D eigenvalue weighted by Gasteiger charge is 2.35. The maximum atomic E-state index is 12.5. The second-order valence-electron chi connectivity index (χ2n) is 4.89. The van der Waals surface area contributed by atoms with E-state index in [9.17, 15) is 9.59 Å². The zero-order valence-electron chi connectivity index (χ0n) is 11.3. The van der Waals surface area contributed by atoms with Gasteiger partial charge in [-0.3, -0.25) is 14.5 Å². The molecule has 0 bridgehead atoms. The Labute approximate surface area is 117 Å². The smallest absolute Gasteiger partial charge is 0.232 e. The van der Waals surface area contributed by atoms with Gasteiger partial charge in [-0.05, 0) is 30.7 Å². The third kappa shape index (κ3) is 2.05. The van der Waals surface area contributed by atoms with Crippen molar-refractivity contribution in [2.45, 2.75) is 12.8 Å². The Morgan fingerprint density at radius 3 is 2.75 bits per heavy atom. The number of rotatable bonds is 3. The normalized spacial score (nSPS) is 17.9. The molecule has 1 aromatic carbocycles. The number of carbonyl (C=O) groups is 2. The number of nitrogens with zero attached hydrogens (tertiary/aromatic N) is 1. The van der Waals surface area contributed by atoms with Crippen LogP contribution >= 0.6 is 0 Å². The van der Waals surface area contributed by atoms with E-state index < -0.39 is 0 Å². The number of methoxy groups -OCH3 is 1. The highest BCUT2D eigenvalue weighted by Crippen LogP contribution is 2.28. The Morgan fingerprint density at radius 2 is 2.05 bits per heavy atom. The molecule has 0 unspecified atom stereocenters. The van der Waals surface area contributed by atoms with Gasteiger partial charge in [-0.15, -0.1) is 0 Å². The Hall–Kier alpha value is -2.30. The van der Waals surface area contributed by atoms with E-state index in [1.807, 2.05) is 0 Å². The van der Waals surface area contributed by atoms with Crippen LogP contribution in [0.2, 0.25) is 0 Å². The number of hydrogen-bond acceptors (Lipinski definition) is 4. The molecule has 0 atom stereocenters. The van der Waals surface area contributed by atoms with Crippen LogP contribution in [0.15, 0.2) is 35.7 Å². The number of carbonyl (C=O) groups excluding carboxylic acids is 2. The SMILES string of the molecule is COc1ccc(C(=O)C2=C3NCCCN3C(=O)C2)cc1. The predicted molar refractivity (Wildman–Crippen MR) is 73.3 cm³/mol. The van der Waals surface area contributed by atoms with Gasteiger partial charge in [0.2, 0.25) is 5.91 Å². The summed E-state index contributed by atoms with van der Waals surface area (Å²) in [4.78, 5) is 26.1. The van der Waals surface area contributed by atoms with Crippen LogP contribution < -0.4 is 10.1 Å². The maximum absolute atomic E-state index is 12.5. The molecule has 20 heavy (non-hydrogen) atoms. The number of amides is 1. The van der Waals surface area contributed by atoms with Gasteiger partial charge in [-0.25, -0.2) is 0 Å². The number of ether oxygens (including phenoxy) is 1. The fourth-order valence-corrected chi connectivity index (χ4v) is 2.61. The summed E-state index contributed by atoms with van der Waals surface area (Å²) in [6.07, 6.45) is 1.10. The minimum Gasteiger partial charge on any atom is -0.497 e. The van der Waals surface area contributed by atoms with Gasteiger partial charge >= 0.3 is 0 Å². The van der Waals surface area contributed by atoms with Gasteiger partial charge in [0.1, 0.15) is 11.6 Å². The summed E-state index contributed by atoms with van der Waals surface area (Å²) in [5.74, 6) is 1.32. The molecule has 2 aliphatic rings. The Balaban J connectivity index is 1.91. The van der Waals surface area contributed by atoms with E-state index in [-0.39, 0.29) is 18.1 Å². The first-order valence-electron chi connectivity index (χ1n) is 6.67. The van der Waals surface area contributed by atoms with Crippen LogP contribution in [0.5, 0.6) is 5.75 Å². The minimum atomic E-state index is -0.0899. The average Bonchev–Trinajstić information content (AvgIpc) is 2.84. The summed E-state index contributed by atoms with van der Waals surface area (Å²) < 4.78 is 5.08. The molecule has 1 aromatic rings. The lowest BCUT2D eigenvalue weighted by Gasteiger charge is -2.26. The van der Waals surface area contributed by atoms with E-state index in [1.165, 1.54) is 0 Å². The molecule has 1 amide bonds. The van der Waals surface area contributed by atoms with Crippen LogP contribution in [0.4, 0.5) is 0 Å². The third-order valence-electron chi connectivity index (χ3n) is 3.66. The quantitative estimate of drug-likeness (QED) is 0.843. The lowest BCUT2D eigenvalue weighted by molar-refractivity contribution is -0.127. The molecule has 1 N–H and O–H groups in total. The molecule has 2 aliphatic heterocycles.